The van der Waals surface area contributed by atoms with Gasteiger partial charge >= 0.3 is 0 Å². The number of nitrogens with two attached hydrogens (primary N) is 1. The van der Waals surface area contributed by atoms with Gasteiger partial charge in [0, 0.05) is 50.5 Å². The number of carbonyl (C=O) groups is 1. The molecule has 1 aliphatic carbocycles. The minimum Gasteiger partial charge on any atom is -0.431 e. The zero-order valence-corrected chi connectivity index (χ0v) is 20.5. The lowest BCUT2D eigenvalue weighted by molar-refractivity contribution is 0.0974. The van der Waals surface area contributed by atoms with Crippen LogP contribution in [0.2, 0.25) is 0 Å². The minimum absolute atomic E-state index is 0.0691. The zero-order chi connectivity index (χ0) is 24.4. The van der Waals surface area contributed by atoms with Gasteiger partial charge in [0.2, 0.25) is 17.6 Å². The lowest BCUT2D eigenvalue weighted by atomic mass is 9.95. The molecule has 0 bridgehead atoms. The number of oxazole rings is 1. The van der Waals surface area contributed by atoms with E-state index in [9.17, 15) is 4.79 Å². The second-order valence-corrected chi connectivity index (χ2v) is 9.55. The van der Waals surface area contributed by atoms with E-state index >= 15 is 0 Å². The highest BCUT2D eigenvalue weighted by Crippen LogP contribution is 2.27. The highest BCUT2D eigenvalue weighted by molar-refractivity contribution is 5.91. The third-order valence-electron chi connectivity index (χ3n) is 6.98. The van der Waals surface area contributed by atoms with Crippen molar-refractivity contribution in [1.29, 1.82) is 0 Å². The number of amides is 1. The molecule has 3 aromatic heterocycles. The van der Waals surface area contributed by atoms with Gasteiger partial charge in [0.05, 0.1) is 11.3 Å². The van der Waals surface area contributed by atoms with Crippen LogP contribution in [0.15, 0.2) is 28.6 Å². The average Bonchev–Trinajstić information content (AvgIpc) is 3.45. The van der Waals surface area contributed by atoms with Gasteiger partial charge in [-0.3, -0.25) is 9.69 Å². The quantitative estimate of drug-likeness (QED) is 0.480. The van der Waals surface area contributed by atoms with Gasteiger partial charge in [-0.2, -0.15) is 0 Å². The third kappa shape index (κ3) is 5.14. The number of aromatic nitrogens is 4. The molecule has 1 aliphatic heterocycles. The van der Waals surface area contributed by atoms with E-state index in [4.69, 9.17) is 10.2 Å². The Hall–Kier alpha value is -3.46. The Morgan fingerprint density at radius 3 is 2.60 bits per heavy atom. The number of anilines is 1. The van der Waals surface area contributed by atoms with Gasteiger partial charge in [-0.15, -0.1) is 0 Å². The third-order valence-corrected chi connectivity index (χ3v) is 6.98. The first kappa shape index (κ1) is 23.3. The van der Waals surface area contributed by atoms with Gasteiger partial charge in [0.15, 0.2) is 0 Å². The summed E-state index contributed by atoms with van der Waals surface area (Å²) < 4.78 is 5.47. The summed E-state index contributed by atoms with van der Waals surface area (Å²) >= 11 is 0. The topological polar surface area (TPSA) is 117 Å². The van der Waals surface area contributed by atoms with Gasteiger partial charge in [-0.25, -0.2) is 15.0 Å². The number of hydrogen-bond donors (Lipinski definition) is 2. The highest BCUT2D eigenvalue weighted by atomic mass is 16.4. The van der Waals surface area contributed by atoms with Crippen LogP contribution in [0.5, 0.6) is 0 Å². The van der Waals surface area contributed by atoms with E-state index in [2.05, 4.69) is 48.9 Å². The SMILES string of the molecule is CC1=Cc2c(CCCCN3CCN(c4ncc(-c5nc(C)c(C(N)=O)o5)cn4)CC3)c[nH]c2CC1. The van der Waals surface area contributed by atoms with Crippen LogP contribution < -0.4 is 10.6 Å². The van der Waals surface area contributed by atoms with Crippen molar-refractivity contribution in [3.05, 3.63) is 52.4 Å². The molecule has 1 amide bonds. The van der Waals surface area contributed by atoms with E-state index in [-0.39, 0.29) is 5.76 Å². The molecule has 3 aromatic rings. The molecule has 4 heterocycles. The first-order valence-corrected chi connectivity index (χ1v) is 12.4. The molecule has 9 heteroatoms. The van der Waals surface area contributed by atoms with Crippen molar-refractivity contribution < 1.29 is 9.21 Å². The van der Waals surface area contributed by atoms with Crippen molar-refractivity contribution in [1.82, 2.24) is 24.8 Å². The number of carbonyl (C=O) groups excluding carboxylic acids is 1. The number of unbranched alkanes of at least 4 members (excludes halogenated alkanes) is 1. The maximum absolute atomic E-state index is 11.4. The van der Waals surface area contributed by atoms with Gasteiger partial charge in [0.1, 0.15) is 0 Å². The van der Waals surface area contributed by atoms with Crippen molar-refractivity contribution in [3.63, 3.8) is 0 Å². The fourth-order valence-corrected chi connectivity index (χ4v) is 4.92. The van der Waals surface area contributed by atoms with Crippen LogP contribution in [0.4, 0.5) is 5.95 Å². The molecular weight excluding hydrogens is 442 g/mol. The second kappa shape index (κ2) is 10.0. The Morgan fingerprint density at radius 1 is 1.11 bits per heavy atom. The molecular formula is C26H33N7O2. The summed E-state index contributed by atoms with van der Waals surface area (Å²) in [5.74, 6) is 0.443. The summed E-state index contributed by atoms with van der Waals surface area (Å²) in [6.07, 6.45) is 13.8. The van der Waals surface area contributed by atoms with E-state index in [0.29, 0.717) is 23.1 Å². The lowest BCUT2D eigenvalue weighted by Gasteiger charge is -2.34. The number of allylic oxidation sites excluding steroid dienone is 1. The Balaban J connectivity index is 1.07. The number of piperazine rings is 1. The highest BCUT2D eigenvalue weighted by Gasteiger charge is 2.20. The van der Waals surface area contributed by atoms with Crippen molar-refractivity contribution in [3.8, 4) is 11.5 Å². The van der Waals surface area contributed by atoms with Crippen molar-refractivity contribution >= 4 is 17.9 Å². The molecule has 1 saturated heterocycles. The van der Waals surface area contributed by atoms with Gasteiger partial charge in [-0.05, 0) is 63.6 Å². The van der Waals surface area contributed by atoms with Crippen LogP contribution in [0.3, 0.4) is 0 Å². The number of fused-ring (bicyclic) bond motifs is 1. The Kier molecular flexibility index (Phi) is 6.68. The first-order valence-electron chi connectivity index (χ1n) is 12.4. The molecule has 0 atom stereocenters. The zero-order valence-electron chi connectivity index (χ0n) is 20.5. The van der Waals surface area contributed by atoms with E-state index < -0.39 is 5.91 Å². The number of H-pyrrole nitrogens is 1. The Bertz CT molecular complexity index is 1220. The molecule has 0 unspecified atom stereocenters. The number of aryl methyl sites for hydroxylation is 3. The Morgan fingerprint density at radius 2 is 1.89 bits per heavy atom. The number of nitrogens with one attached hydrogen (secondary N) is 1. The number of rotatable bonds is 8. The predicted molar refractivity (Wildman–Crippen MR) is 135 cm³/mol. The van der Waals surface area contributed by atoms with E-state index in [1.165, 1.54) is 41.7 Å². The molecule has 0 radical (unpaired) electrons. The standard InChI is InChI=1S/C26H33N7O2/c1-17-6-7-22-21(13-17)19(14-28-22)5-3-4-8-32-9-11-33(12-10-32)26-29-15-20(16-30-26)25-31-18(2)23(35-25)24(27)34/h13-16,28H,3-12H2,1-2H3,(H2,27,34). The van der Waals surface area contributed by atoms with Crippen LogP contribution in [0, 0.1) is 6.92 Å². The van der Waals surface area contributed by atoms with Crippen LogP contribution in [0.25, 0.3) is 17.5 Å². The molecule has 0 saturated carbocycles. The van der Waals surface area contributed by atoms with Crippen LogP contribution >= 0.6 is 0 Å². The lowest BCUT2D eigenvalue weighted by Crippen LogP contribution is -2.47. The molecule has 0 spiro atoms. The Labute approximate surface area is 205 Å². The van der Waals surface area contributed by atoms with E-state index in [1.54, 1.807) is 19.3 Å². The summed E-state index contributed by atoms with van der Waals surface area (Å²) in [5.41, 5.74) is 12.2. The molecule has 9 nitrogen and oxygen atoms in total. The molecule has 0 aromatic carbocycles. The van der Waals surface area contributed by atoms with Gasteiger partial charge in [0.25, 0.3) is 5.91 Å². The predicted octanol–water partition coefficient (Wildman–Crippen LogP) is 3.36. The first-order chi connectivity index (χ1) is 17.0. The second-order valence-electron chi connectivity index (χ2n) is 9.55. The normalized spacial score (nSPS) is 16.3. The van der Waals surface area contributed by atoms with E-state index in [0.717, 1.165) is 45.6 Å². The summed E-state index contributed by atoms with van der Waals surface area (Å²) in [4.78, 5) is 32.9. The fraction of sp³-hybridized carbons (Fsp3) is 0.462. The molecule has 2 aliphatic rings. The summed E-state index contributed by atoms with van der Waals surface area (Å²) in [7, 11) is 0. The van der Waals surface area contributed by atoms with Crippen LogP contribution in [-0.2, 0) is 12.8 Å². The van der Waals surface area contributed by atoms with Crippen molar-refractivity contribution in [2.45, 2.75) is 46.0 Å². The van der Waals surface area contributed by atoms with Crippen LogP contribution in [-0.4, -0.2) is 63.5 Å². The van der Waals surface area contributed by atoms with E-state index in [1.807, 2.05) is 0 Å². The van der Waals surface area contributed by atoms with Gasteiger partial charge in [-0.1, -0.05) is 11.6 Å². The number of nitrogens with zero attached hydrogens (tertiary/aromatic N) is 5. The summed E-state index contributed by atoms with van der Waals surface area (Å²) in [5, 5.41) is 0. The fourth-order valence-electron chi connectivity index (χ4n) is 4.92. The molecule has 35 heavy (non-hydrogen) atoms. The van der Waals surface area contributed by atoms with Crippen molar-refractivity contribution in [2.24, 2.45) is 5.73 Å². The smallest absolute Gasteiger partial charge is 0.286 e. The maximum Gasteiger partial charge on any atom is 0.286 e. The molecule has 184 valence electrons. The largest absolute Gasteiger partial charge is 0.431 e. The average molecular weight is 476 g/mol. The summed E-state index contributed by atoms with van der Waals surface area (Å²) in [6.45, 7) is 8.86. The summed E-state index contributed by atoms with van der Waals surface area (Å²) in [6, 6.07) is 0. The minimum atomic E-state index is -0.632. The monoisotopic (exact) mass is 475 g/mol. The maximum atomic E-state index is 11.4. The van der Waals surface area contributed by atoms with Crippen LogP contribution in [0.1, 0.15) is 59.3 Å². The van der Waals surface area contributed by atoms with Gasteiger partial charge < -0.3 is 20.0 Å². The molecule has 5 rings (SSSR count). The molecule has 3 N–H and O–H groups in total. The van der Waals surface area contributed by atoms with Crippen molar-refractivity contribution in [2.75, 3.05) is 37.6 Å². The number of aromatic amines is 1. The number of hydrogen-bond acceptors (Lipinski definition) is 7. The number of primary amides is 1. The molecule has 1 fully saturated rings.